The van der Waals surface area contributed by atoms with Crippen molar-refractivity contribution in [1.29, 1.82) is 0 Å². The molecule has 2 aromatic rings. The number of carbonyl (C=O) groups is 1. The van der Waals surface area contributed by atoms with E-state index >= 15 is 0 Å². The molecule has 1 aliphatic heterocycles. The zero-order valence-electron chi connectivity index (χ0n) is 11.7. The van der Waals surface area contributed by atoms with Gasteiger partial charge in [0, 0.05) is 30.2 Å². The fourth-order valence-corrected chi connectivity index (χ4v) is 2.92. The second-order valence-corrected chi connectivity index (χ2v) is 5.36. The second-order valence-electron chi connectivity index (χ2n) is 5.36. The number of hydrogen-bond donors (Lipinski definition) is 1. The summed E-state index contributed by atoms with van der Waals surface area (Å²) in [4.78, 5) is 19.2. The van der Waals surface area contributed by atoms with Crippen LogP contribution >= 0.6 is 0 Å². The Hall–Kier alpha value is -1.94. The third-order valence-electron chi connectivity index (χ3n) is 4.00. The minimum Gasteiger partial charge on any atom is -0.334 e. The lowest BCUT2D eigenvalue weighted by Gasteiger charge is -2.24. The first-order chi connectivity index (χ1) is 9.70. The molecule has 0 saturated carbocycles. The highest BCUT2D eigenvalue weighted by molar-refractivity contribution is 6.05. The zero-order chi connectivity index (χ0) is 14.1. The number of nitrogens with two attached hydrogens (primary N) is 1. The summed E-state index contributed by atoms with van der Waals surface area (Å²) in [5.74, 6) is 0.0571. The molecule has 0 radical (unpaired) electrons. The summed E-state index contributed by atoms with van der Waals surface area (Å²) in [7, 11) is 0. The monoisotopic (exact) mass is 269 g/mol. The summed E-state index contributed by atoms with van der Waals surface area (Å²) < 4.78 is 0. The summed E-state index contributed by atoms with van der Waals surface area (Å²) in [6.45, 7) is 3.27. The predicted molar refractivity (Wildman–Crippen MR) is 79.6 cm³/mol. The minimum atomic E-state index is 0.0571. The molecule has 0 aliphatic carbocycles. The van der Waals surface area contributed by atoms with Gasteiger partial charge in [-0.15, -0.1) is 0 Å². The van der Waals surface area contributed by atoms with Crippen molar-refractivity contribution in [1.82, 2.24) is 9.88 Å². The van der Waals surface area contributed by atoms with Gasteiger partial charge in [0.2, 0.25) is 0 Å². The van der Waals surface area contributed by atoms with Crippen LogP contribution in [-0.2, 0) is 0 Å². The maximum Gasteiger partial charge on any atom is 0.256 e. The standard InChI is InChI=1S/C16H19N3O/c1-11-7-8-12-4-2-6-14(15(12)18-11)16(20)19-9-3-5-13(19)10-17/h2,4,6-8,13H,3,5,9-10,17H2,1H3/t13-/m0/s1. The molecule has 20 heavy (non-hydrogen) atoms. The Balaban J connectivity index is 2.05. The maximum atomic E-state index is 12.8. The van der Waals surface area contributed by atoms with Crippen LogP contribution in [0.4, 0.5) is 0 Å². The summed E-state index contributed by atoms with van der Waals surface area (Å²) in [5.41, 5.74) is 8.17. The van der Waals surface area contributed by atoms with E-state index in [-0.39, 0.29) is 11.9 Å². The number of aromatic nitrogens is 1. The van der Waals surface area contributed by atoms with Crippen molar-refractivity contribution in [3.8, 4) is 0 Å². The van der Waals surface area contributed by atoms with E-state index in [2.05, 4.69) is 4.98 Å². The van der Waals surface area contributed by atoms with E-state index in [1.54, 1.807) is 0 Å². The molecule has 0 unspecified atom stereocenters. The van der Waals surface area contributed by atoms with E-state index in [1.165, 1.54) is 0 Å². The number of fused-ring (bicyclic) bond motifs is 1. The summed E-state index contributed by atoms with van der Waals surface area (Å²) in [6, 6.07) is 9.92. The number of carbonyl (C=O) groups excluding carboxylic acids is 1. The van der Waals surface area contributed by atoms with Crippen LogP contribution in [-0.4, -0.2) is 34.9 Å². The average Bonchev–Trinajstić information content (AvgIpc) is 2.94. The number of pyridine rings is 1. The van der Waals surface area contributed by atoms with Crippen molar-refractivity contribution in [2.45, 2.75) is 25.8 Å². The third kappa shape index (κ3) is 2.16. The molecule has 1 aliphatic rings. The Labute approximate surface area is 118 Å². The molecule has 1 aromatic heterocycles. The van der Waals surface area contributed by atoms with E-state index < -0.39 is 0 Å². The number of para-hydroxylation sites is 1. The van der Waals surface area contributed by atoms with Crippen LogP contribution in [0.1, 0.15) is 28.9 Å². The molecule has 1 fully saturated rings. The maximum absolute atomic E-state index is 12.8. The molecule has 2 heterocycles. The molecule has 4 nitrogen and oxygen atoms in total. The summed E-state index contributed by atoms with van der Waals surface area (Å²) >= 11 is 0. The Morgan fingerprint density at radius 1 is 1.40 bits per heavy atom. The average molecular weight is 269 g/mol. The molecule has 1 amide bonds. The van der Waals surface area contributed by atoms with Gasteiger partial charge in [-0.1, -0.05) is 18.2 Å². The van der Waals surface area contributed by atoms with Gasteiger partial charge in [-0.3, -0.25) is 9.78 Å². The first kappa shape index (κ1) is 13.1. The highest BCUT2D eigenvalue weighted by Gasteiger charge is 2.29. The van der Waals surface area contributed by atoms with E-state index in [0.29, 0.717) is 12.1 Å². The van der Waals surface area contributed by atoms with Gasteiger partial charge in [0.1, 0.15) is 0 Å². The Kier molecular flexibility index (Phi) is 3.40. The van der Waals surface area contributed by atoms with Gasteiger partial charge in [0.05, 0.1) is 11.1 Å². The van der Waals surface area contributed by atoms with Crippen molar-refractivity contribution in [2.75, 3.05) is 13.1 Å². The van der Waals surface area contributed by atoms with Crippen LogP contribution < -0.4 is 5.73 Å². The number of rotatable bonds is 2. The molecule has 1 saturated heterocycles. The smallest absolute Gasteiger partial charge is 0.256 e. The first-order valence-corrected chi connectivity index (χ1v) is 7.08. The van der Waals surface area contributed by atoms with Crippen LogP contribution in [0.5, 0.6) is 0 Å². The first-order valence-electron chi connectivity index (χ1n) is 7.08. The van der Waals surface area contributed by atoms with Crippen LogP contribution in [0.3, 0.4) is 0 Å². The molecular weight excluding hydrogens is 250 g/mol. The minimum absolute atomic E-state index is 0.0571. The summed E-state index contributed by atoms with van der Waals surface area (Å²) in [6.07, 6.45) is 2.03. The lowest BCUT2D eigenvalue weighted by molar-refractivity contribution is 0.0743. The SMILES string of the molecule is Cc1ccc2cccc(C(=O)N3CCC[C@H]3CN)c2n1. The number of likely N-dealkylation sites (tertiary alicyclic amines) is 1. The molecule has 0 spiro atoms. The normalized spacial score (nSPS) is 18.7. The molecule has 1 atom stereocenters. The van der Waals surface area contributed by atoms with Crippen LogP contribution in [0, 0.1) is 6.92 Å². The molecule has 0 bridgehead atoms. The van der Waals surface area contributed by atoms with E-state index in [0.717, 1.165) is 36.0 Å². The largest absolute Gasteiger partial charge is 0.334 e. The number of hydrogen-bond acceptors (Lipinski definition) is 3. The Morgan fingerprint density at radius 3 is 3.05 bits per heavy atom. The van der Waals surface area contributed by atoms with Crippen LogP contribution in [0.15, 0.2) is 30.3 Å². The molecule has 1 aromatic carbocycles. The lowest BCUT2D eigenvalue weighted by Crippen LogP contribution is -2.40. The topological polar surface area (TPSA) is 59.2 Å². The lowest BCUT2D eigenvalue weighted by atomic mass is 10.1. The fraction of sp³-hybridized carbons (Fsp3) is 0.375. The van der Waals surface area contributed by atoms with Crippen molar-refractivity contribution in [2.24, 2.45) is 5.73 Å². The van der Waals surface area contributed by atoms with E-state index in [4.69, 9.17) is 5.73 Å². The number of aryl methyl sites for hydroxylation is 1. The molecule has 4 heteroatoms. The number of benzene rings is 1. The summed E-state index contributed by atoms with van der Waals surface area (Å²) in [5, 5.41) is 1.00. The molecule has 2 N–H and O–H groups in total. The van der Waals surface area contributed by atoms with E-state index in [1.807, 2.05) is 42.2 Å². The number of nitrogens with zero attached hydrogens (tertiary/aromatic N) is 2. The Bertz CT molecular complexity index is 653. The fourth-order valence-electron chi connectivity index (χ4n) is 2.92. The van der Waals surface area contributed by atoms with Crippen LogP contribution in [0.2, 0.25) is 0 Å². The highest BCUT2D eigenvalue weighted by Crippen LogP contribution is 2.23. The van der Waals surface area contributed by atoms with Crippen molar-refractivity contribution in [3.05, 3.63) is 41.6 Å². The van der Waals surface area contributed by atoms with Gasteiger partial charge >= 0.3 is 0 Å². The van der Waals surface area contributed by atoms with Gasteiger partial charge in [0.25, 0.3) is 5.91 Å². The molecule has 3 rings (SSSR count). The third-order valence-corrected chi connectivity index (χ3v) is 4.00. The predicted octanol–water partition coefficient (Wildman–Crippen LogP) is 2.11. The Morgan fingerprint density at radius 2 is 2.25 bits per heavy atom. The van der Waals surface area contributed by atoms with Crippen LogP contribution in [0.25, 0.3) is 10.9 Å². The van der Waals surface area contributed by atoms with Crippen molar-refractivity contribution >= 4 is 16.8 Å². The van der Waals surface area contributed by atoms with Gasteiger partial charge < -0.3 is 10.6 Å². The zero-order valence-corrected chi connectivity index (χ0v) is 11.7. The van der Waals surface area contributed by atoms with Gasteiger partial charge in [0.15, 0.2) is 0 Å². The van der Waals surface area contributed by atoms with Gasteiger partial charge in [-0.25, -0.2) is 0 Å². The molecule has 104 valence electrons. The van der Waals surface area contributed by atoms with Gasteiger partial charge in [-0.2, -0.15) is 0 Å². The number of amides is 1. The molecular formula is C16H19N3O. The van der Waals surface area contributed by atoms with Crippen molar-refractivity contribution in [3.63, 3.8) is 0 Å². The van der Waals surface area contributed by atoms with Crippen molar-refractivity contribution < 1.29 is 4.79 Å². The quantitative estimate of drug-likeness (QED) is 0.908. The van der Waals surface area contributed by atoms with Gasteiger partial charge in [-0.05, 0) is 31.9 Å². The second kappa shape index (κ2) is 5.21. The van der Waals surface area contributed by atoms with E-state index in [9.17, 15) is 4.79 Å². The highest BCUT2D eigenvalue weighted by atomic mass is 16.2.